The molecule has 0 unspecified atom stereocenters. The zero-order chi connectivity index (χ0) is 8.10. The molecule has 56 valence electrons. The molecule has 1 aliphatic carbocycles. The summed E-state index contributed by atoms with van der Waals surface area (Å²) in [6, 6.07) is 0. The van der Waals surface area contributed by atoms with Gasteiger partial charge in [0.05, 0.1) is 0 Å². The summed E-state index contributed by atoms with van der Waals surface area (Å²) in [6.45, 7) is 0. The minimum atomic E-state index is -0.645. The van der Waals surface area contributed by atoms with Gasteiger partial charge in [-0.3, -0.25) is 0 Å². The van der Waals surface area contributed by atoms with E-state index in [0.29, 0.717) is 0 Å². The summed E-state index contributed by atoms with van der Waals surface area (Å²) < 4.78 is 2.02. The van der Waals surface area contributed by atoms with Gasteiger partial charge in [-0.2, -0.15) is 0 Å². The Kier molecular flexibility index (Phi) is 7.35. The van der Waals surface area contributed by atoms with Crippen LogP contribution < -0.4 is 0 Å². The van der Waals surface area contributed by atoms with Gasteiger partial charge in [0.2, 0.25) is 0 Å². The van der Waals surface area contributed by atoms with Crippen LogP contribution in [0.2, 0.25) is 0 Å². The van der Waals surface area contributed by atoms with Crippen molar-refractivity contribution in [2.75, 3.05) is 0 Å². The molecule has 0 spiro atoms. The van der Waals surface area contributed by atoms with Gasteiger partial charge in [0.25, 0.3) is 0 Å². The minimum absolute atomic E-state index is 0.645. The van der Waals surface area contributed by atoms with Crippen LogP contribution in [0.25, 0.3) is 0 Å². The van der Waals surface area contributed by atoms with Gasteiger partial charge in [-0.15, -0.1) is 0 Å². The Morgan fingerprint density at radius 1 is 1.00 bits per heavy atom. The molecule has 1 saturated carbocycles. The number of hydrogen-bond acceptors (Lipinski definition) is 0. The summed E-state index contributed by atoms with van der Waals surface area (Å²) >= 11 is 6.31. The number of rotatable bonds is 2. The predicted octanol–water partition coefficient (Wildman–Crippen LogP) is 3.95. The average Bonchev–Trinajstić information content (AvgIpc) is 2.09. The normalized spacial score (nSPS) is 17.1. The molecule has 4 heteroatoms. The van der Waals surface area contributed by atoms with E-state index in [2.05, 4.69) is 23.8 Å². The Morgan fingerprint density at radius 3 is 2.00 bits per heavy atom. The maximum atomic E-state index is 3.80. The molecular weight excluding hydrogens is 645 g/mol. The van der Waals surface area contributed by atoms with Crippen molar-refractivity contribution in [2.24, 2.45) is 0 Å². The zero-order valence-electron chi connectivity index (χ0n) is 6.71. The van der Waals surface area contributed by atoms with Crippen LogP contribution in [0.1, 0.15) is 32.1 Å². The molecule has 0 heterocycles. The van der Waals surface area contributed by atoms with Gasteiger partial charge >= 0.3 is 106 Å². The van der Waals surface area contributed by atoms with Crippen LogP contribution >= 0.6 is 23.8 Å². The summed E-state index contributed by atoms with van der Waals surface area (Å²) in [6.07, 6.45) is 7.33. The van der Waals surface area contributed by atoms with Crippen molar-refractivity contribution in [3.63, 3.8) is 0 Å². The van der Waals surface area contributed by atoms with Crippen molar-refractivity contribution in [3.8, 4) is 0 Å². The molecule has 0 saturated heterocycles. The Bertz CT molecular complexity index is 143. The van der Waals surface area contributed by atoms with Gasteiger partial charge < -0.3 is 0 Å². The Balaban J connectivity index is 2.57. The van der Waals surface area contributed by atoms with E-state index in [-0.39, 0.29) is 0 Å². The first kappa shape index (κ1) is 11.6. The zero-order valence-corrected chi connectivity index (χ0v) is 20.9. The fraction of sp³-hybridized carbons (Fsp3) is 0.714. The molecule has 1 fully saturated rings. The monoisotopic (exact) mass is 656 g/mol. The fourth-order valence-electron chi connectivity index (χ4n) is 1.56. The Labute approximate surface area is 104 Å². The van der Waals surface area contributed by atoms with E-state index in [1.807, 2.05) is 6.16 Å². The molecule has 0 bridgehead atoms. The van der Waals surface area contributed by atoms with Crippen LogP contribution in [0.4, 0.5) is 0 Å². The van der Waals surface area contributed by atoms with Crippen molar-refractivity contribution < 1.29 is 44.3 Å². The first-order valence-electron chi connectivity index (χ1n) is 4.20. The topological polar surface area (TPSA) is 0 Å². The van der Waals surface area contributed by atoms with E-state index >= 15 is 0 Å². The molecule has 0 amide bonds. The molecule has 1 aliphatic rings. The van der Waals surface area contributed by atoms with Crippen LogP contribution in [-0.2, 0) is 44.3 Å². The quantitative estimate of drug-likeness (QED) is 0.396. The molecule has 0 aromatic carbocycles. The number of hydrogen-bond donors (Lipinski definition) is 0. The second-order valence-corrected chi connectivity index (χ2v) is 36.7. The fourth-order valence-corrected chi connectivity index (χ4v) is 86.9. The van der Waals surface area contributed by atoms with E-state index in [9.17, 15) is 0 Å². The third-order valence-electron chi connectivity index (χ3n) is 2.28. The second-order valence-electron chi connectivity index (χ2n) is 3.04. The van der Waals surface area contributed by atoms with Crippen molar-refractivity contribution in [2.45, 2.75) is 32.1 Å². The molecule has 0 N–H and O–H groups in total. The molecule has 0 atom stereocenters. The van der Waals surface area contributed by atoms with Gasteiger partial charge in [-0.1, -0.05) is 0 Å². The molecule has 11 heavy (non-hydrogen) atoms. The van der Waals surface area contributed by atoms with Crippen LogP contribution in [-0.4, -0.2) is 0 Å². The van der Waals surface area contributed by atoms with Gasteiger partial charge in [0, 0.05) is 0 Å². The summed E-state index contributed by atoms with van der Waals surface area (Å²) in [7, 11) is 0. The van der Waals surface area contributed by atoms with Gasteiger partial charge in [-0.05, 0) is 0 Å². The van der Waals surface area contributed by atoms with Gasteiger partial charge in [0.15, 0.2) is 0 Å². The van der Waals surface area contributed by atoms with E-state index < -0.39 is 44.3 Å². The van der Waals surface area contributed by atoms with Gasteiger partial charge in [-0.25, -0.2) is 0 Å². The number of halogens is 2. The molecule has 0 aromatic rings. The molecule has 0 radical (unpaired) electrons. The molecule has 0 nitrogen and oxygen atoms in total. The van der Waals surface area contributed by atoms with Crippen LogP contribution in [0, 0.1) is 0 Å². The first-order chi connectivity index (χ1) is 5.38. The summed E-state index contributed by atoms with van der Waals surface area (Å²) in [5.41, 5.74) is 1.90. The molecule has 0 aromatic heterocycles. The van der Waals surface area contributed by atoms with Gasteiger partial charge in [0.1, 0.15) is 0 Å². The maximum absolute atomic E-state index is 3.80. The standard InChI is InChI=1S/C7H10.2BrH.2Hg/c1-7-5-3-2-4-6-7;;;;/h2-6H2;2*1H;;/q;;;2*+1/p-2. The summed E-state index contributed by atoms with van der Waals surface area (Å²) in [5, 5.41) is 0. The Hall–Kier alpha value is 2.57. The van der Waals surface area contributed by atoms with E-state index in [0.717, 1.165) is 0 Å². The second kappa shape index (κ2) is 6.94. The van der Waals surface area contributed by atoms with E-state index in [1.165, 1.54) is 32.1 Å². The number of allylic oxidation sites excluding steroid dienone is 1. The predicted molar refractivity (Wildman–Crippen MR) is 48.0 cm³/mol. The SMILES string of the molecule is [Br][Hg][C]([Hg][Br])=C1CCCCC1. The van der Waals surface area contributed by atoms with Crippen molar-refractivity contribution in [3.05, 3.63) is 6.16 Å². The summed E-state index contributed by atoms with van der Waals surface area (Å²) in [4.78, 5) is 0. The van der Waals surface area contributed by atoms with Crippen molar-refractivity contribution in [1.29, 1.82) is 0 Å². The van der Waals surface area contributed by atoms with Crippen molar-refractivity contribution in [1.82, 2.24) is 0 Å². The molecular formula is C7H10Br2Hg2. The van der Waals surface area contributed by atoms with Crippen molar-refractivity contribution >= 4 is 23.8 Å². The van der Waals surface area contributed by atoms with E-state index in [4.69, 9.17) is 0 Å². The third-order valence-corrected chi connectivity index (χ3v) is 87.6. The molecule has 1 rings (SSSR count). The van der Waals surface area contributed by atoms with Crippen LogP contribution in [0.15, 0.2) is 6.16 Å². The van der Waals surface area contributed by atoms with Crippen LogP contribution in [0.3, 0.4) is 0 Å². The van der Waals surface area contributed by atoms with E-state index in [1.54, 1.807) is 0 Å². The Morgan fingerprint density at radius 2 is 1.55 bits per heavy atom. The molecule has 0 aliphatic heterocycles. The third kappa shape index (κ3) is 4.07. The van der Waals surface area contributed by atoms with Crippen LogP contribution in [0.5, 0.6) is 0 Å². The average molecular weight is 655 g/mol. The first-order valence-corrected chi connectivity index (χ1v) is 33.5. The summed E-state index contributed by atoms with van der Waals surface area (Å²) in [5.74, 6) is 0.